The second-order valence-electron chi connectivity index (χ2n) is 2.58. The highest BCUT2D eigenvalue weighted by atomic mass is 19.4. The van der Waals surface area contributed by atoms with E-state index in [0.29, 0.717) is 5.56 Å². The molecule has 0 saturated heterocycles. The second-order valence-corrected chi connectivity index (χ2v) is 2.58. The van der Waals surface area contributed by atoms with Crippen LogP contribution >= 0.6 is 0 Å². The summed E-state index contributed by atoms with van der Waals surface area (Å²) in [6.07, 6.45) is -4.68. The molecule has 0 aliphatic rings. The number of hydrogen-bond donors (Lipinski definition) is 1. The molecule has 0 heterocycles. The van der Waals surface area contributed by atoms with Crippen LogP contribution in [-0.4, -0.2) is 12.9 Å². The third-order valence-electron chi connectivity index (χ3n) is 1.40. The van der Waals surface area contributed by atoms with Gasteiger partial charge >= 0.3 is 6.36 Å². The lowest BCUT2D eigenvalue weighted by atomic mass is 10.2. The van der Waals surface area contributed by atoms with Crippen LogP contribution in [0.25, 0.3) is 0 Å². The number of ether oxygens (including phenoxy) is 1. The van der Waals surface area contributed by atoms with Crippen LogP contribution in [0.15, 0.2) is 24.3 Å². The smallest absolute Gasteiger partial charge is 0.406 e. The van der Waals surface area contributed by atoms with Crippen LogP contribution in [0.5, 0.6) is 5.75 Å². The zero-order valence-electron chi connectivity index (χ0n) is 7.64. The summed E-state index contributed by atoms with van der Waals surface area (Å²) >= 11 is 0. The summed E-state index contributed by atoms with van der Waals surface area (Å²) in [4.78, 5) is 0. The summed E-state index contributed by atoms with van der Waals surface area (Å²) in [6, 6.07) is 5.42. The van der Waals surface area contributed by atoms with Gasteiger partial charge in [0.05, 0.1) is 6.54 Å². The standard InChI is InChI=1S/C10H8F3NO/c11-10(12,13)15-9-5-1-3-8(7-9)4-2-6-14/h1,3,5,7H,6,14H2. The molecular formula is C10H8F3NO. The molecule has 0 bridgehead atoms. The van der Waals surface area contributed by atoms with E-state index in [1.807, 2.05) is 0 Å². The lowest BCUT2D eigenvalue weighted by Crippen LogP contribution is -2.17. The molecule has 1 rings (SSSR count). The molecule has 0 aliphatic heterocycles. The average molecular weight is 215 g/mol. The molecule has 0 unspecified atom stereocenters. The van der Waals surface area contributed by atoms with Crippen LogP contribution in [0.4, 0.5) is 13.2 Å². The maximum absolute atomic E-state index is 11.8. The number of hydrogen-bond acceptors (Lipinski definition) is 2. The van der Waals surface area contributed by atoms with Crippen molar-refractivity contribution in [2.24, 2.45) is 5.73 Å². The molecule has 80 valence electrons. The van der Waals surface area contributed by atoms with E-state index in [1.165, 1.54) is 18.2 Å². The van der Waals surface area contributed by atoms with Crippen LogP contribution < -0.4 is 10.5 Å². The molecule has 5 heteroatoms. The molecule has 0 radical (unpaired) electrons. The van der Waals surface area contributed by atoms with Crippen LogP contribution in [0.2, 0.25) is 0 Å². The zero-order valence-corrected chi connectivity index (χ0v) is 7.64. The Morgan fingerprint density at radius 2 is 2.07 bits per heavy atom. The Hall–Kier alpha value is -1.67. The van der Waals surface area contributed by atoms with E-state index in [0.717, 1.165) is 0 Å². The van der Waals surface area contributed by atoms with Crippen molar-refractivity contribution in [2.45, 2.75) is 6.36 Å². The predicted molar refractivity (Wildman–Crippen MR) is 49.1 cm³/mol. The van der Waals surface area contributed by atoms with Gasteiger partial charge in [-0.2, -0.15) is 0 Å². The van der Waals surface area contributed by atoms with E-state index in [4.69, 9.17) is 5.73 Å². The van der Waals surface area contributed by atoms with Crippen LogP contribution in [0.1, 0.15) is 5.56 Å². The van der Waals surface area contributed by atoms with Crippen molar-refractivity contribution in [2.75, 3.05) is 6.54 Å². The molecule has 0 amide bonds. The quantitative estimate of drug-likeness (QED) is 0.726. The highest BCUT2D eigenvalue weighted by Crippen LogP contribution is 2.22. The number of benzene rings is 1. The van der Waals surface area contributed by atoms with E-state index in [2.05, 4.69) is 16.6 Å². The van der Waals surface area contributed by atoms with Gasteiger partial charge in [-0.25, -0.2) is 0 Å². The van der Waals surface area contributed by atoms with E-state index in [9.17, 15) is 13.2 Å². The normalized spacial score (nSPS) is 10.4. The third kappa shape index (κ3) is 4.38. The first-order valence-electron chi connectivity index (χ1n) is 4.06. The Labute approximate surface area is 84.8 Å². The van der Waals surface area contributed by atoms with Gasteiger partial charge in [0.15, 0.2) is 0 Å². The van der Waals surface area contributed by atoms with E-state index >= 15 is 0 Å². The number of nitrogens with two attached hydrogens (primary N) is 1. The number of halogens is 3. The molecule has 0 aromatic heterocycles. The molecule has 0 spiro atoms. The van der Waals surface area contributed by atoms with Crippen molar-refractivity contribution >= 4 is 0 Å². The van der Waals surface area contributed by atoms with Gasteiger partial charge in [0.1, 0.15) is 5.75 Å². The van der Waals surface area contributed by atoms with Crippen LogP contribution in [0, 0.1) is 11.8 Å². The van der Waals surface area contributed by atoms with Gasteiger partial charge < -0.3 is 10.5 Å². The van der Waals surface area contributed by atoms with Gasteiger partial charge in [-0.1, -0.05) is 17.9 Å². The molecule has 2 N–H and O–H groups in total. The topological polar surface area (TPSA) is 35.2 Å². The minimum atomic E-state index is -4.68. The Kier molecular flexibility index (Phi) is 3.58. The molecule has 1 aromatic carbocycles. The molecule has 0 atom stereocenters. The van der Waals surface area contributed by atoms with Gasteiger partial charge in [0.25, 0.3) is 0 Å². The summed E-state index contributed by atoms with van der Waals surface area (Å²) in [5.74, 6) is 4.86. The lowest BCUT2D eigenvalue weighted by molar-refractivity contribution is -0.274. The summed E-state index contributed by atoms with van der Waals surface area (Å²) in [7, 11) is 0. The average Bonchev–Trinajstić information content (AvgIpc) is 2.12. The molecule has 0 fully saturated rings. The minimum absolute atomic E-state index is 0.157. The lowest BCUT2D eigenvalue weighted by Gasteiger charge is -2.08. The Morgan fingerprint density at radius 3 is 2.67 bits per heavy atom. The Bertz CT molecular complexity index is 390. The highest BCUT2D eigenvalue weighted by molar-refractivity contribution is 5.39. The molecule has 0 saturated carbocycles. The Morgan fingerprint density at radius 1 is 1.33 bits per heavy atom. The maximum Gasteiger partial charge on any atom is 0.573 e. The van der Waals surface area contributed by atoms with Crippen molar-refractivity contribution < 1.29 is 17.9 Å². The van der Waals surface area contributed by atoms with Crippen molar-refractivity contribution in [1.29, 1.82) is 0 Å². The fraction of sp³-hybridized carbons (Fsp3) is 0.200. The van der Waals surface area contributed by atoms with Crippen molar-refractivity contribution in [3.05, 3.63) is 29.8 Å². The van der Waals surface area contributed by atoms with E-state index < -0.39 is 6.36 Å². The summed E-state index contributed by atoms with van der Waals surface area (Å²) in [5, 5.41) is 0. The first kappa shape index (κ1) is 11.4. The first-order valence-corrected chi connectivity index (χ1v) is 4.06. The fourth-order valence-corrected chi connectivity index (χ4v) is 0.924. The molecule has 15 heavy (non-hydrogen) atoms. The summed E-state index contributed by atoms with van der Waals surface area (Å²) in [5.41, 5.74) is 5.56. The Balaban J connectivity index is 2.83. The van der Waals surface area contributed by atoms with Crippen molar-refractivity contribution in [3.63, 3.8) is 0 Å². The van der Waals surface area contributed by atoms with Gasteiger partial charge in [0, 0.05) is 5.56 Å². The van der Waals surface area contributed by atoms with Crippen LogP contribution in [0.3, 0.4) is 0 Å². The predicted octanol–water partition coefficient (Wildman–Crippen LogP) is 1.90. The highest BCUT2D eigenvalue weighted by Gasteiger charge is 2.30. The largest absolute Gasteiger partial charge is 0.573 e. The fourth-order valence-electron chi connectivity index (χ4n) is 0.924. The summed E-state index contributed by atoms with van der Waals surface area (Å²) < 4.78 is 39.3. The zero-order chi connectivity index (χ0) is 11.3. The number of alkyl halides is 3. The monoisotopic (exact) mass is 215 g/mol. The van der Waals surface area contributed by atoms with Crippen molar-refractivity contribution in [3.8, 4) is 17.6 Å². The van der Waals surface area contributed by atoms with Gasteiger partial charge in [-0.05, 0) is 18.2 Å². The SMILES string of the molecule is NCC#Cc1cccc(OC(F)(F)F)c1. The van der Waals surface area contributed by atoms with Crippen LogP contribution in [-0.2, 0) is 0 Å². The molecular weight excluding hydrogens is 207 g/mol. The third-order valence-corrected chi connectivity index (χ3v) is 1.40. The molecule has 0 aliphatic carbocycles. The molecule has 1 aromatic rings. The summed E-state index contributed by atoms with van der Waals surface area (Å²) in [6.45, 7) is 0.157. The minimum Gasteiger partial charge on any atom is -0.406 e. The maximum atomic E-state index is 11.8. The second kappa shape index (κ2) is 4.71. The van der Waals surface area contributed by atoms with Gasteiger partial charge in [-0.15, -0.1) is 13.2 Å². The van der Waals surface area contributed by atoms with Crippen molar-refractivity contribution in [1.82, 2.24) is 0 Å². The number of rotatable bonds is 1. The first-order chi connectivity index (χ1) is 7.01. The molecule has 2 nitrogen and oxygen atoms in total. The van der Waals surface area contributed by atoms with E-state index in [1.54, 1.807) is 6.07 Å². The van der Waals surface area contributed by atoms with Gasteiger partial charge in [0.2, 0.25) is 0 Å². The van der Waals surface area contributed by atoms with Gasteiger partial charge in [-0.3, -0.25) is 0 Å². The van der Waals surface area contributed by atoms with E-state index in [-0.39, 0.29) is 12.3 Å².